The van der Waals surface area contributed by atoms with E-state index in [0.717, 1.165) is 13.1 Å². The topological polar surface area (TPSA) is 41.6 Å². The summed E-state index contributed by atoms with van der Waals surface area (Å²) in [6.45, 7) is 10.6. The fourth-order valence-electron chi connectivity index (χ4n) is 2.68. The molecule has 0 amide bonds. The van der Waals surface area contributed by atoms with Gasteiger partial charge in [-0.3, -0.25) is 9.69 Å². The fraction of sp³-hybridized carbons (Fsp3) is 0.933. The number of nitrogens with zero attached hydrogens (tertiary/aromatic N) is 1. The van der Waals surface area contributed by atoms with Gasteiger partial charge >= 0.3 is 5.97 Å². The third-order valence-corrected chi connectivity index (χ3v) is 3.71. The van der Waals surface area contributed by atoms with E-state index in [2.05, 4.69) is 31.0 Å². The van der Waals surface area contributed by atoms with Crippen LogP contribution >= 0.6 is 0 Å². The zero-order valence-corrected chi connectivity index (χ0v) is 12.9. The van der Waals surface area contributed by atoms with Gasteiger partial charge < -0.3 is 10.1 Å². The summed E-state index contributed by atoms with van der Waals surface area (Å²) in [5.74, 6) is -0.118. The quantitative estimate of drug-likeness (QED) is 0.751. The maximum atomic E-state index is 12.0. The summed E-state index contributed by atoms with van der Waals surface area (Å²) in [4.78, 5) is 14.5. The van der Waals surface area contributed by atoms with Crippen LogP contribution in [0.1, 0.15) is 53.4 Å². The zero-order valence-electron chi connectivity index (χ0n) is 12.9. The Hall–Kier alpha value is -0.610. The number of carbonyl (C=O) groups is 1. The van der Waals surface area contributed by atoms with Crippen molar-refractivity contribution in [1.29, 1.82) is 0 Å². The van der Waals surface area contributed by atoms with Crippen molar-refractivity contribution in [3.63, 3.8) is 0 Å². The molecule has 1 fully saturated rings. The minimum atomic E-state index is -0.208. The van der Waals surface area contributed by atoms with Crippen molar-refractivity contribution in [2.24, 2.45) is 0 Å². The van der Waals surface area contributed by atoms with E-state index < -0.39 is 0 Å². The lowest BCUT2D eigenvalue weighted by atomic mass is 10.1. The first-order valence-electron chi connectivity index (χ1n) is 7.71. The molecule has 0 aromatic rings. The number of hydrogen-bond donors (Lipinski definition) is 1. The Morgan fingerprint density at radius 1 is 1.37 bits per heavy atom. The summed E-state index contributed by atoms with van der Waals surface area (Å²) in [6, 6.07) is 0.644. The maximum absolute atomic E-state index is 12.0. The van der Waals surface area contributed by atoms with Gasteiger partial charge in [0.15, 0.2) is 0 Å². The molecule has 0 aliphatic carbocycles. The highest BCUT2D eigenvalue weighted by atomic mass is 16.5. The number of likely N-dealkylation sites (tertiary alicyclic amines) is 1. The lowest BCUT2D eigenvalue weighted by molar-refractivity contribution is -0.146. The van der Waals surface area contributed by atoms with E-state index in [1.165, 1.54) is 25.7 Å². The number of carbonyl (C=O) groups excluding carboxylic acids is 1. The highest BCUT2D eigenvalue weighted by molar-refractivity contribution is 5.76. The highest BCUT2D eigenvalue weighted by Gasteiger charge is 2.26. The Bertz CT molecular complexity index is 269. The van der Waals surface area contributed by atoms with Gasteiger partial charge in [-0.05, 0) is 33.2 Å². The Balaban J connectivity index is 2.60. The average Bonchev–Trinajstić information content (AvgIpc) is 2.54. The van der Waals surface area contributed by atoms with Gasteiger partial charge in [0.05, 0.1) is 6.61 Å². The third kappa shape index (κ3) is 5.91. The van der Waals surface area contributed by atoms with Crippen molar-refractivity contribution < 1.29 is 9.53 Å². The van der Waals surface area contributed by atoms with Crippen LogP contribution < -0.4 is 5.32 Å². The zero-order chi connectivity index (χ0) is 14.3. The monoisotopic (exact) mass is 270 g/mol. The summed E-state index contributed by atoms with van der Waals surface area (Å²) in [5.41, 5.74) is 0. The molecule has 0 bridgehead atoms. The molecular weight excluding hydrogens is 240 g/mol. The van der Waals surface area contributed by atoms with Crippen LogP contribution in [0.15, 0.2) is 0 Å². The van der Waals surface area contributed by atoms with Gasteiger partial charge in [0.2, 0.25) is 0 Å². The van der Waals surface area contributed by atoms with Crippen LogP contribution in [0.4, 0.5) is 0 Å². The molecule has 1 aliphatic rings. The summed E-state index contributed by atoms with van der Waals surface area (Å²) in [7, 11) is 0. The first-order valence-corrected chi connectivity index (χ1v) is 7.71. The molecule has 4 nitrogen and oxygen atoms in total. The van der Waals surface area contributed by atoms with E-state index in [9.17, 15) is 4.79 Å². The smallest absolute Gasteiger partial charge is 0.324 e. The molecule has 2 unspecified atom stereocenters. The number of hydrogen-bond acceptors (Lipinski definition) is 4. The van der Waals surface area contributed by atoms with Gasteiger partial charge in [0.1, 0.15) is 6.04 Å². The normalized spacial score (nSPS) is 23.1. The molecule has 0 aromatic carbocycles. The number of ether oxygens (including phenoxy) is 1. The van der Waals surface area contributed by atoms with Crippen LogP contribution in [0, 0.1) is 0 Å². The van der Waals surface area contributed by atoms with E-state index in [1.54, 1.807) is 0 Å². The molecule has 1 aliphatic heterocycles. The molecule has 4 heteroatoms. The lowest BCUT2D eigenvalue weighted by Gasteiger charge is -2.31. The number of esters is 1. The van der Waals surface area contributed by atoms with Crippen LogP contribution in [0.5, 0.6) is 0 Å². The summed E-state index contributed by atoms with van der Waals surface area (Å²) >= 11 is 0. The molecule has 1 heterocycles. The Morgan fingerprint density at radius 2 is 2.11 bits per heavy atom. The van der Waals surface area contributed by atoms with Gasteiger partial charge in [-0.1, -0.05) is 26.7 Å². The molecule has 0 saturated carbocycles. The molecular formula is C15H30N2O2. The van der Waals surface area contributed by atoms with Crippen LogP contribution in [0.25, 0.3) is 0 Å². The second kappa shape index (κ2) is 8.54. The van der Waals surface area contributed by atoms with Crippen LogP contribution in [0.2, 0.25) is 0 Å². The molecule has 1 N–H and O–H groups in total. The molecule has 0 aromatic heterocycles. The maximum Gasteiger partial charge on any atom is 0.324 e. The highest BCUT2D eigenvalue weighted by Crippen LogP contribution is 2.16. The second-order valence-corrected chi connectivity index (χ2v) is 5.82. The summed E-state index contributed by atoms with van der Waals surface area (Å²) in [6.07, 6.45) is 5.08. The summed E-state index contributed by atoms with van der Waals surface area (Å²) < 4.78 is 5.18. The van der Waals surface area contributed by atoms with E-state index in [1.807, 2.05) is 6.92 Å². The van der Waals surface area contributed by atoms with E-state index >= 15 is 0 Å². The molecule has 1 rings (SSSR count). The minimum absolute atomic E-state index is 0.118. The standard InChI is InChI=1S/C15H30N2O2/c1-5-19-15(18)14(16-12(2)3)11-17-10-8-6-7-9-13(17)4/h12-14,16H,5-11H2,1-4H3. The van der Waals surface area contributed by atoms with Crippen LogP contribution in [-0.4, -0.2) is 48.7 Å². The van der Waals surface area contributed by atoms with Crippen molar-refractivity contribution in [2.45, 2.75) is 71.5 Å². The molecule has 19 heavy (non-hydrogen) atoms. The van der Waals surface area contributed by atoms with Crippen molar-refractivity contribution in [3.8, 4) is 0 Å². The van der Waals surface area contributed by atoms with Crippen molar-refractivity contribution in [1.82, 2.24) is 10.2 Å². The number of rotatable bonds is 6. The molecule has 2 atom stereocenters. The van der Waals surface area contributed by atoms with Gasteiger partial charge in [0, 0.05) is 18.6 Å². The van der Waals surface area contributed by atoms with Crippen LogP contribution in [-0.2, 0) is 9.53 Å². The van der Waals surface area contributed by atoms with Gasteiger partial charge in [-0.2, -0.15) is 0 Å². The second-order valence-electron chi connectivity index (χ2n) is 5.82. The SMILES string of the molecule is CCOC(=O)C(CN1CCCCCC1C)NC(C)C. The van der Waals surface area contributed by atoms with E-state index in [0.29, 0.717) is 12.6 Å². The molecule has 1 saturated heterocycles. The van der Waals surface area contributed by atoms with Gasteiger partial charge in [-0.15, -0.1) is 0 Å². The molecule has 0 spiro atoms. The Labute approximate surface area is 117 Å². The van der Waals surface area contributed by atoms with Crippen molar-refractivity contribution in [2.75, 3.05) is 19.7 Å². The largest absolute Gasteiger partial charge is 0.465 e. The third-order valence-electron chi connectivity index (χ3n) is 3.71. The Kier molecular flexibility index (Phi) is 7.39. The predicted molar refractivity (Wildman–Crippen MR) is 78.2 cm³/mol. The van der Waals surface area contributed by atoms with Crippen molar-refractivity contribution >= 4 is 5.97 Å². The molecule has 112 valence electrons. The molecule has 0 radical (unpaired) electrons. The Morgan fingerprint density at radius 3 is 2.74 bits per heavy atom. The van der Waals surface area contributed by atoms with E-state index in [-0.39, 0.29) is 18.1 Å². The fourth-order valence-corrected chi connectivity index (χ4v) is 2.68. The number of nitrogens with one attached hydrogen (secondary N) is 1. The first-order chi connectivity index (χ1) is 9.04. The average molecular weight is 270 g/mol. The van der Waals surface area contributed by atoms with Crippen molar-refractivity contribution in [3.05, 3.63) is 0 Å². The lowest BCUT2D eigenvalue weighted by Crippen LogP contribution is -2.51. The first kappa shape index (κ1) is 16.4. The summed E-state index contributed by atoms with van der Waals surface area (Å²) in [5, 5.41) is 3.34. The van der Waals surface area contributed by atoms with Crippen LogP contribution in [0.3, 0.4) is 0 Å². The minimum Gasteiger partial charge on any atom is -0.465 e. The van der Waals surface area contributed by atoms with E-state index in [4.69, 9.17) is 4.74 Å². The predicted octanol–water partition coefficient (Wildman–Crippen LogP) is 2.18. The van der Waals surface area contributed by atoms with Gasteiger partial charge in [0.25, 0.3) is 0 Å². The van der Waals surface area contributed by atoms with Gasteiger partial charge in [-0.25, -0.2) is 0 Å².